The number of hydrogen-bond donors (Lipinski definition) is 1. The highest BCUT2D eigenvalue weighted by molar-refractivity contribution is 7.92. The van der Waals surface area contributed by atoms with E-state index in [2.05, 4.69) is 5.32 Å². The van der Waals surface area contributed by atoms with Gasteiger partial charge in [-0.15, -0.1) is 0 Å². The quantitative estimate of drug-likeness (QED) is 0.489. The molecule has 7 nitrogen and oxygen atoms in total. The highest BCUT2D eigenvalue weighted by Gasteiger charge is 2.29. The second-order valence-electron chi connectivity index (χ2n) is 7.09. The largest absolute Gasteiger partial charge is 0.497 e. The molecule has 174 valence electrons. The zero-order chi connectivity index (χ0) is 23.8. The van der Waals surface area contributed by atoms with E-state index in [-0.39, 0.29) is 22.9 Å². The molecule has 0 radical (unpaired) electrons. The van der Waals surface area contributed by atoms with Crippen molar-refractivity contribution < 1.29 is 27.1 Å². The molecule has 0 unspecified atom stereocenters. The Morgan fingerprint density at radius 1 is 0.939 bits per heavy atom. The van der Waals surface area contributed by atoms with Crippen LogP contribution in [-0.4, -0.2) is 41.6 Å². The third-order valence-corrected chi connectivity index (χ3v) is 6.71. The molecule has 0 spiro atoms. The lowest BCUT2D eigenvalue weighted by molar-refractivity contribution is -0.119. The van der Waals surface area contributed by atoms with E-state index in [9.17, 15) is 17.6 Å². The first kappa shape index (κ1) is 24.1. The van der Waals surface area contributed by atoms with E-state index in [1.807, 2.05) is 0 Å². The van der Waals surface area contributed by atoms with Gasteiger partial charge in [-0.3, -0.25) is 9.10 Å². The van der Waals surface area contributed by atoms with Crippen molar-refractivity contribution in [2.75, 3.05) is 31.6 Å². The normalized spacial score (nSPS) is 11.0. The lowest BCUT2D eigenvalue weighted by atomic mass is 10.1. The van der Waals surface area contributed by atoms with Gasteiger partial charge in [-0.2, -0.15) is 0 Å². The summed E-state index contributed by atoms with van der Waals surface area (Å²) >= 11 is 0. The number of rotatable bonds is 10. The number of benzene rings is 3. The summed E-state index contributed by atoms with van der Waals surface area (Å²) in [7, 11) is -1.18. The molecule has 9 heteroatoms. The molecule has 0 aliphatic heterocycles. The van der Waals surface area contributed by atoms with Crippen molar-refractivity contribution >= 4 is 21.6 Å². The average Bonchev–Trinajstić information content (AvgIpc) is 2.83. The number of carbonyl (C=O) groups is 1. The molecule has 0 saturated carbocycles. The SMILES string of the molecule is COc1ccc(S(=O)(=O)N(CC(=O)NCCc2ccc(F)cc2)c2ccccc2OC)cc1. The summed E-state index contributed by atoms with van der Waals surface area (Å²) in [4.78, 5) is 12.7. The molecule has 33 heavy (non-hydrogen) atoms. The minimum atomic E-state index is -4.09. The van der Waals surface area contributed by atoms with Gasteiger partial charge < -0.3 is 14.8 Å². The number of amides is 1. The van der Waals surface area contributed by atoms with Crippen LogP contribution in [0, 0.1) is 5.82 Å². The van der Waals surface area contributed by atoms with Crippen LogP contribution in [0.5, 0.6) is 11.5 Å². The Morgan fingerprint density at radius 3 is 2.24 bits per heavy atom. The van der Waals surface area contributed by atoms with Gasteiger partial charge in [0.15, 0.2) is 0 Å². The number of methoxy groups -OCH3 is 2. The van der Waals surface area contributed by atoms with Gasteiger partial charge in [0.05, 0.1) is 24.8 Å². The van der Waals surface area contributed by atoms with Gasteiger partial charge in [0, 0.05) is 6.54 Å². The van der Waals surface area contributed by atoms with Crippen LogP contribution in [0.1, 0.15) is 5.56 Å². The van der Waals surface area contributed by atoms with Gasteiger partial charge in [-0.25, -0.2) is 12.8 Å². The summed E-state index contributed by atoms with van der Waals surface area (Å²) in [5, 5.41) is 2.73. The number of ether oxygens (including phenoxy) is 2. The molecule has 3 rings (SSSR count). The molecule has 0 saturated heterocycles. The zero-order valence-electron chi connectivity index (χ0n) is 18.3. The number of carbonyl (C=O) groups excluding carboxylic acids is 1. The molecule has 0 aliphatic rings. The van der Waals surface area contributed by atoms with Crippen LogP contribution in [0.25, 0.3) is 0 Å². The van der Waals surface area contributed by atoms with Crippen LogP contribution in [-0.2, 0) is 21.2 Å². The number of halogens is 1. The second kappa shape index (κ2) is 10.8. The number of anilines is 1. The summed E-state index contributed by atoms with van der Waals surface area (Å²) in [6, 6.07) is 18.5. The van der Waals surface area contributed by atoms with Gasteiger partial charge in [0.1, 0.15) is 23.9 Å². The van der Waals surface area contributed by atoms with Crippen molar-refractivity contribution in [3.05, 3.63) is 84.2 Å². The van der Waals surface area contributed by atoms with E-state index in [1.54, 1.807) is 36.4 Å². The summed E-state index contributed by atoms with van der Waals surface area (Å²) in [6.07, 6.45) is 0.478. The van der Waals surface area contributed by atoms with Crippen LogP contribution in [0.4, 0.5) is 10.1 Å². The molecule has 1 amide bonds. The number of para-hydroxylation sites is 2. The Kier molecular flexibility index (Phi) is 7.89. The molecule has 0 atom stereocenters. The molecular weight excluding hydrogens is 447 g/mol. The molecule has 0 aliphatic carbocycles. The first-order valence-electron chi connectivity index (χ1n) is 10.2. The minimum absolute atomic E-state index is 0.00770. The molecular formula is C24H25FN2O5S. The van der Waals surface area contributed by atoms with Gasteiger partial charge in [0.2, 0.25) is 5.91 Å². The van der Waals surface area contributed by atoms with Crippen LogP contribution >= 0.6 is 0 Å². The first-order chi connectivity index (χ1) is 15.8. The van der Waals surface area contributed by atoms with E-state index >= 15 is 0 Å². The van der Waals surface area contributed by atoms with Crippen molar-refractivity contribution in [2.45, 2.75) is 11.3 Å². The van der Waals surface area contributed by atoms with Crippen molar-refractivity contribution in [3.63, 3.8) is 0 Å². The Hall–Kier alpha value is -3.59. The topological polar surface area (TPSA) is 84.9 Å². The zero-order valence-corrected chi connectivity index (χ0v) is 19.1. The number of nitrogens with zero attached hydrogens (tertiary/aromatic N) is 1. The van der Waals surface area contributed by atoms with Gasteiger partial charge in [-0.05, 0) is 60.5 Å². The third-order valence-electron chi connectivity index (χ3n) is 4.94. The van der Waals surface area contributed by atoms with Gasteiger partial charge in [0.25, 0.3) is 10.0 Å². The minimum Gasteiger partial charge on any atom is -0.497 e. The molecule has 0 bridgehead atoms. The van der Waals surface area contributed by atoms with E-state index < -0.39 is 22.5 Å². The maximum Gasteiger partial charge on any atom is 0.264 e. The third kappa shape index (κ3) is 6.01. The molecule has 1 N–H and O–H groups in total. The lowest BCUT2D eigenvalue weighted by Crippen LogP contribution is -2.41. The standard InChI is InChI=1S/C24H25FN2O5S/c1-31-20-11-13-21(14-12-20)33(29,30)27(22-5-3-4-6-23(22)32-2)17-24(28)26-16-15-18-7-9-19(25)10-8-18/h3-14H,15-17H2,1-2H3,(H,26,28). The molecule has 3 aromatic rings. The Morgan fingerprint density at radius 2 is 1.61 bits per heavy atom. The predicted molar refractivity (Wildman–Crippen MR) is 124 cm³/mol. The Labute approximate surface area is 192 Å². The Balaban J connectivity index is 1.82. The predicted octanol–water partition coefficient (Wildman–Crippen LogP) is 3.40. The van der Waals surface area contributed by atoms with Crippen LogP contribution in [0.2, 0.25) is 0 Å². The number of hydrogen-bond acceptors (Lipinski definition) is 5. The number of sulfonamides is 1. The maximum absolute atomic E-state index is 13.5. The van der Waals surface area contributed by atoms with Crippen molar-refractivity contribution in [1.82, 2.24) is 5.32 Å². The van der Waals surface area contributed by atoms with Crippen LogP contribution in [0.3, 0.4) is 0 Å². The lowest BCUT2D eigenvalue weighted by Gasteiger charge is -2.25. The fraction of sp³-hybridized carbons (Fsp3) is 0.208. The first-order valence-corrected chi connectivity index (χ1v) is 11.6. The Bertz CT molecular complexity index is 1180. The average molecular weight is 473 g/mol. The summed E-state index contributed by atoms with van der Waals surface area (Å²) in [6.45, 7) is -0.176. The fourth-order valence-corrected chi connectivity index (χ4v) is 4.63. The monoisotopic (exact) mass is 472 g/mol. The molecule has 0 aromatic heterocycles. The maximum atomic E-state index is 13.5. The molecule has 3 aromatic carbocycles. The van der Waals surface area contributed by atoms with E-state index in [0.29, 0.717) is 17.9 Å². The summed E-state index contributed by atoms with van der Waals surface area (Å²) in [5.74, 6) is 0.00380. The van der Waals surface area contributed by atoms with E-state index in [4.69, 9.17) is 9.47 Å². The van der Waals surface area contributed by atoms with Crippen molar-refractivity contribution in [1.29, 1.82) is 0 Å². The number of nitrogens with one attached hydrogen (secondary N) is 1. The van der Waals surface area contributed by atoms with Crippen LogP contribution < -0.4 is 19.1 Å². The summed E-state index contributed by atoms with van der Waals surface area (Å²) < 4.78 is 51.5. The van der Waals surface area contributed by atoms with E-state index in [1.165, 1.54) is 50.6 Å². The van der Waals surface area contributed by atoms with Gasteiger partial charge >= 0.3 is 0 Å². The second-order valence-corrected chi connectivity index (χ2v) is 8.95. The smallest absolute Gasteiger partial charge is 0.264 e. The molecule has 0 fully saturated rings. The highest BCUT2D eigenvalue weighted by Crippen LogP contribution is 2.32. The summed E-state index contributed by atoms with van der Waals surface area (Å²) in [5.41, 5.74) is 1.09. The van der Waals surface area contributed by atoms with Gasteiger partial charge in [-0.1, -0.05) is 24.3 Å². The van der Waals surface area contributed by atoms with Crippen LogP contribution in [0.15, 0.2) is 77.7 Å². The van der Waals surface area contributed by atoms with Crippen molar-refractivity contribution in [3.8, 4) is 11.5 Å². The fourth-order valence-electron chi connectivity index (χ4n) is 3.19. The highest BCUT2D eigenvalue weighted by atomic mass is 32.2. The van der Waals surface area contributed by atoms with Crippen molar-refractivity contribution in [2.24, 2.45) is 0 Å². The molecule has 0 heterocycles. The van der Waals surface area contributed by atoms with E-state index in [0.717, 1.165) is 9.87 Å².